The van der Waals surface area contributed by atoms with Crippen molar-refractivity contribution in [2.75, 3.05) is 24.4 Å². The Labute approximate surface area is 99.2 Å². The highest BCUT2D eigenvalue weighted by Gasteiger charge is 2.03. The van der Waals surface area contributed by atoms with Gasteiger partial charge in [0, 0.05) is 5.69 Å². The van der Waals surface area contributed by atoms with Gasteiger partial charge in [0.15, 0.2) is 0 Å². The fraction of sp³-hybridized carbons (Fsp3) is 0.364. The van der Waals surface area contributed by atoms with Gasteiger partial charge in [0.25, 0.3) is 0 Å². The number of nitrogens with one attached hydrogen (secondary N) is 1. The average Bonchev–Trinajstić information content (AvgIpc) is 2.28. The fourth-order valence-electron chi connectivity index (χ4n) is 1.24. The maximum absolute atomic E-state index is 11.0. The Balaban J connectivity index is 2.70. The number of carbonyl (C=O) groups is 1. The first-order chi connectivity index (χ1) is 7.67. The highest BCUT2D eigenvalue weighted by Crippen LogP contribution is 2.21. The number of benzene rings is 1. The van der Waals surface area contributed by atoms with Crippen molar-refractivity contribution in [2.24, 2.45) is 0 Å². The molecule has 0 bridgehead atoms. The molecule has 0 fully saturated rings. The summed E-state index contributed by atoms with van der Waals surface area (Å²) in [5.74, 6) is 0.380. The van der Waals surface area contributed by atoms with Crippen molar-refractivity contribution in [3.63, 3.8) is 0 Å². The van der Waals surface area contributed by atoms with Gasteiger partial charge in [-0.3, -0.25) is 4.79 Å². The van der Waals surface area contributed by atoms with Gasteiger partial charge in [-0.1, -0.05) is 0 Å². The largest absolute Gasteiger partial charge is 0.491 e. The molecule has 0 spiro atoms. The number of halogens is 1. The fourth-order valence-corrected chi connectivity index (χ4v) is 1.31. The molecular formula is C11H14ClNO3. The molecular weight excluding hydrogens is 230 g/mol. The van der Waals surface area contributed by atoms with Gasteiger partial charge in [0.05, 0.1) is 6.61 Å². The molecule has 1 aromatic rings. The quantitative estimate of drug-likeness (QED) is 0.772. The van der Waals surface area contributed by atoms with Crippen LogP contribution in [-0.2, 0) is 4.79 Å². The second-order valence-electron chi connectivity index (χ2n) is 3.23. The number of hydrogen-bond donors (Lipinski definition) is 2. The molecule has 4 nitrogen and oxygen atoms in total. The monoisotopic (exact) mass is 243 g/mol. The predicted octanol–water partition coefficient (Wildman–Crippen LogP) is 1.54. The Kier molecular flexibility index (Phi) is 5.08. The molecule has 0 aliphatic carbocycles. The van der Waals surface area contributed by atoms with Gasteiger partial charge in [0.1, 0.15) is 18.2 Å². The maximum atomic E-state index is 11.0. The third-order valence-corrected chi connectivity index (χ3v) is 2.17. The summed E-state index contributed by atoms with van der Waals surface area (Å²) in [4.78, 5) is 11.0. The van der Waals surface area contributed by atoms with Crippen LogP contribution >= 0.6 is 11.6 Å². The Morgan fingerprint density at radius 1 is 1.56 bits per heavy atom. The summed E-state index contributed by atoms with van der Waals surface area (Å²) in [6, 6.07) is 5.26. The molecule has 5 heteroatoms. The average molecular weight is 244 g/mol. The third-order valence-electron chi connectivity index (χ3n) is 1.93. The minimum absolute atomic E-state index is 0.0236. The van der Waals surface area contributed by atoms with E-state index in [0.717, 1.165) is 5.56 Å². The molecule has 0 unspecified atom stereocenters. The lowest BCUT2D eigenvalue weighted by molar-refractivity contribution is -0.113. The predicted molar refractivity (Wildman–Crippen MR) is 63.1 cm³/mol. The van der Waals surface area contributed by atoms with Gasteiger partial charge >= 0.3 is 0 Å². The van der Waals surface area contributed by atoms with E-state index in [9.17, 15) is 4.79 Å². The lowest BCUT2D eigenvalue weighted by Gasteiger charge is -2.10. The van der Waals surface area contributed by atoms with Crippen LogP contribution in [0.4, 0.5) is 5.69 Å². The highest BCUT2D eigenvalue weighted by atomic mass is 35.5. The van der Waals surface area contributed by atoms with Crippen LogP contribution in [0.25, 0.3) is 0 Å². The third kappa shape index (κ3) is 3.72. The van der Waals surface area contributed by atoms with Crippen molar-refractivity contribution < 1.29 is 14.6 Å². The molecule has 0 atom stereocenters. The molecule has 0 aromatic heterocycles. The van der Waals surface area contributed by atoms with Crippen molar-refractivity contribution in [2.45, 2.75) is 6.92 Å². The standard InChI is InChI=1S/C11H14ClNO3/c1-8-6-9(13-11(15)7-12)2-3-10(8)16-5-4-14/h2-3,6,14H,4-5,7H2,1H3,(H,13,15). The van der Waals surface area contributed by atoms with Crippen LogP contribution in [0.15, 0.2) is 18.2 Å². The first-order valence-corrected chi connectivity index (χ1v) is 5.41. The van der Waals surface area contributed by atoms with E-state index in [1.165, 1.54) is 0 Å². The number of carbonyl (C=O) groups excluding carboxylic acids is 1. The zero-order chi connectivity index (χ0) is 12.0. The molecule has 1 aromatic carbocycles. The number of rotatable bonds is 5. The van der Waals surface area contributed by atoms with Crippen molar-refractivity contribution in [3.8, 4) is 5.75 Å². The molecule has 1 amide bonds. The molecule has 1 rings (SSSR count). The van der Waals surface area contributed by atoms with Crippen LogP contribution in [0.2, 0.25) is 0 Å². The highest BCUT2D eigenvalue weighted by molar-refractivity contribution is 6.29. The summed E-state index contributed by atoms with van der Waals surface area (Å²) >= 11 is 5.38. The number of alkyl halides is 1. The van der Waals surface area contributed by atoms with Crippen LogP contribution in [0.5, 0.6) is 5.75 Å². The smallest absolute Gasteiger partial charge is 0.239 e. The zero-order valence-corrected chi connectivity index (χ0v) is 9.75. The first kappa shape index (κ1) is 12.8. The number of aliphatic hydroxyl groups is 1. The van der Waals surface area contributed by atoms with Crippen LogP contribution in [-0.4, -0.2) is 30.1 Å². The number of aliphatic hydroxyl groups excluding tert-OH is 1. The van der Waals surface area contributed by atoms with Crippen molar-refractivity contribution in [1.82, 2.24) is 0 Å². The molecule has 0 aliphatic heterocycles. The van der Waals surface area contributed by atoms with Crippen molar-refractivity contribution in [1.29, 1.82) is 0 Å². The van der Waals surface area contributed by atoms with Gasteiger partial charge < -0.3 is 15.2 Å². The van der Waals surface area contributed by atoms with Gasteiger partial charge in [-0.05, 0) is 30.7 Å². The van der Waals surface area contributed by atoms with E-state index >= 15 is 0 Å². The Bertz CT molecular complexity index is 368. The Morgan fingerprint density at radius 2 is 2.31 bits per heavy atom. The molecule has 2 N–H and O–H groups in total. The number of anilines is 1. The molecule has 0 aliphatic rings. The Hall–Kier alpha value is -1.26. The number of ether oxygens (including phenoxy) is 1. The second-order valence-corrected chi connectivity index (χ2v) is 3.50. The summed E-state index contributed by atoms with van der Waals surface area (Å²) in [6.07, 6.45) is 0. The molecule has 0 saturated carbocycles. The molecule has 0 radical (unpaired) electrons. The van der Waals surface area contributed by atoms with Gasteiger partial charge in [-0.25, -0.2) is 0 Å². The van der Waals surface area contributed by atoms with Gasteiger partial charge in [-0.15, -0.1) is 11.6 Å². The second kappa shape index (κ2) is 6.35. The summed E-state index contributed by atoms with van der Waals surface area (Å²) in [6.45, 7) is 2.10. The number of aryl methyl sites for hydroxylation is 1. The molecule has 88 valence electrons. The lowest BCUT2D eigenvalue weighted by atomic mass is 10.2. The first-order valence-electron chi connectivity index (χ1n) is 4.87. The Morgan fingerprint density at radius 3 is 2.88 bits per heavy atom. The van der Waals surface area contributed by atoms with E-state index in [1.807, 2.05) is 6.92 Å². The summed E-state index contributed by atoms with van der Waals surface area (Å²) in [5, 5.41) is 11.3. The minimum Gasteiger partial charge on any atom is -0.491 e. The zero-order valence-electron chi connectivity index (χ0n) is 9.00. The number of amides is 1. The van der Waals surface area contributed by atoms with E-state index < -0.39 is 0 Å². The van der Waals surface area contributed by atoms with Crippen LogP contribution < -0.4 is 10.1 Å². The lowest BCUT2D eigenvalue weighted by Crippen LogP contribution is -2.12. The molecule has 0 saturated heterocycles. The van der Waals surface area contributed by atoms with E-state index in [4.69, 9.17) is 21.4 Å². The molecule has 0 heterocycles. The van der Waals surface area contributed by atoms with E-state index in [0.29, 0.717) is 11.4 Å². The summed E-state index contributed by atoms with van der Waals surface area (Å²) in [7, 11) is 0. The molecule has 16 heavy (non-hydrogen) atoms. The minimum atomic E-state index is -0.245. The summed E-state index contributed by atoms with van der Waals surface area (Å²) in [5.41, 5.74) is 1.57. The van der Waals surface area contributed by atoms with Crippen LogP contribution in [0.3, 0.4) is 0 Å². The van der Waals surface area contributed by atoms with Gasteiger partial charge in [0.2, 0.25) is 5.91 Å². The van der Waals surface area contributed by atoms with E-state index in [2.05, 4.69) is 5.32 Å². The van der Waals surface area contributed by atoms with Gasteiger partial charge in [-0.2, -0.15) is 0 Å². The van der Waals surface area contributed by atoms with E-state index in [1.54, 1.807) is 18.2 Å². The summed E-state index contributed by atoms with van der Waals surface area (Å²) < 4.78 is 5.28. The number of hydrogen-bond acceptors (Lipinski definition) is 3. The normalized spacial score (nSPS) is 9.94. The van der Waals surface area contributed by atoms with Crippen molar-refractivity contribution in [3.05, 3.63) is 23.8 Å². The topological polar surface area (TPSA) is 58.6 Å². The van der Waals surface area contributed by atoms with Crippen LogP contribution in [0, 0.1) is 6.92 Å². The van der Waals surface area contributed by atoms with E-state index in [-0.39, 0.29) is 25.0 Å². The SMILES string of the molecule is Cc1cc(NC(=O)CCl)ccc1OCCO. The van der Waals surface area contributed by atoms with Crippen molar-refractivity contribution >= 4 is 23.2 Å². The maximum Gasteiger partial charge on any atom is 0.239 e. The van der Waals surface area contributed by atoms with Crippen LogP contribution in [0.1, 0.15) is 5.56 Å².